The van der Waals surface area contributed by atoms with Gasteiger partial charge in [-0.1, -0.05) is 0 Å². The highest BCUT2D eigenvalue weighted by Crippen LogP contribution is 2.15. The first-order valence-electron chi connectivity index (χ1n) is 5.05. The Balaban J connectivity index is 2.43. The summed E-state index contributed by atoms with van der Waals surface area (Å²) in [5.41, 5.74) is 7.60. The average molecular weight is 215 g/mol. The van der Waals surface area contributed by atoms with Crippen molar-refractivity contribution in [3.8, 4) is 11.6 Å². The van der Waals surface area contributed by atoms with E-state index in [1.54, 1.807) is 24.7 Å². The van der Waals surface area contributed by atoms with Gasteiger partial charge in [-0.2, -0.15) is 0 Å². The summed E-state index contributed by atoms with van der Waals surface area (Å²) in [5.74, 6) is 1.06. The summed E-state index contributed by atoms with van der Waals surface area (Å²) in [4.78, 5) is 16.8. The summed E-state index contributed by atoms with van der Waals surface area (Å²) < 4.78 is 0. The van der Waals surface area contributed by atoms with Crippen molar-refractivity contribution in [1.82, 2.24) is 19.9 Å². The van der Waals surface area contributed by atoms with Gasteiger partial charge in [0, 0.05) is 35.9 Å². The Morgan fingerprint density at radius 1 is 1.12 bits per heavy atom. The van der Waals surface area contributed by atoms with Crippen molar-refractivity contribution in [2.75, 3.05) is 0 Å². The van der Waals surface area contributed by atoms with Gasteiger partial charge in [0.25, 0.3) is 0 Å². The van der Waals surface area contributed by atoms with Gasteiger partial charge >= 0.3 is 0 Å². The monoisotopic (exact) mass is 215 g/mol. The molecule has 0 saturated carbocycles. The number of rotatable bonds is 2. The predicted octanol–water partition coefficient (Wildman–Crippen LogP) is 1.26. The van der Waals surface area contributed by atoms with Crippen LogP contribution in [0.25, 0.3) is 11.6 Å². The van der Waals surface area contributed by atoms with Gasteiger partial charge in [-0.05, 0) is 19.9 Å². The molecule has 16 heavy (non-hydrogen) atoms. The fraction of sp³-hybridized carbons (Fsp3) is 0.273. The summed E-state index contributed by atoms with van der Waals surface area (Å²) in [7, 11) is 0. The van der Waals surface area contributed by atoms with E-state index in [2.05, 4.69) is 19.9 Å². The third-order valence-electron chi connectivity index (χ3n) is 2.27. The van der Waals surface area contributed by atoms with Crippen LogP contribution >= 0.6 is 0 Å². The predicted molar refractivity (Wildman–Crippen MR) is 60.4 cm³/mol. The lowest BCUT2D eigenvalue weighted by atomic mass is 10.1. The van der Waals surface area contributed by atoms with Crippen LogP contribution in [-0.2, 0) is 0 Å². The van der Waals surface area contributed by atoms with Crippen LogP contribution in [0.4, 0.5) is 0 Å². The molecule has 2 heterocycles. The highest BCUT2D eigenvalue weighted by molar-refractivity contribution is 5.43. The molecule has 0 aliphatic heterocycles. The molecule has 0 spiro atoms. The Hall–Kier alpha value is -1.88. The van der Waals surface area contributed by atoms with Gasteiger partial charge in [0.1, 0.15) is 0 Å². The smallest absolute Gasteiger partial charge is 0.197 e. The van der Waals surface area contributed by atoms with E-state index in [-0.39, 0.29) is 6.04 Å². The third kappa shape index (κ3) is 2.04. The van der Waals surface area contributed by atoms with E-state index in [0.717, 1.165) is 11.3 Å². The normalized spacial score (nSPS) is 12.4. The second-order valence-electron chi connectivity index (χ2n) is 3.60. The molecule has 1 atom stereocenters. The SMILES string of the molecule is Cc1nc(-c2ncccn2)ncc1[C@@H](C)N. The zero-order chi connectivity index (χ0) is 11.5. The summed E-state index contributed by atoms with van der Waals surface area (Å²) in [6, 6.07) is 1.69. The Kier molecular flexibility index (Phi) is 2.87. The van der Waals surface area contributed by atoms with E-state index >= 15 is 0 Å². The lowest BCUT2D eigenvalue weighted by molar-refractivity contribution is 0.789. The van der Waals surface area contributed by atoms with Crippen molar-refractivity contribution in [3.63, 3.8) is 0 Å². The minimum Gasteiger partial charge on any atom is -0.324 e. The first-order valence-corrected chi connectivity index (χ1v) is 5.05. The molecule has 5 nitrogen and oxygen atoms in total. The summed E-state index contributed by atoms with van der Waals surface area (Å²) in [5, 5.41) is 0. The molecule has 0 fully saturated rings. The molecule has 5 heteroatoms. The molecule has 0 saturated heterocycles. The van der Waals surface area contributed by atoms with E-state index in [1.807, 2.05) is 13.8 Å². The van der Waals surface area contributed by atoms with Crippen molar-refractivity contribution in [2.24, 2.45) is 5.73 Å². The molecule has 2 rings (SSSR count). The second kappa shape index (κ2) is 4.32. The molecule has 2 aromatic rings. The highest BCUT2D eigenvalue weighted by Gasteiger charge is 2.09. The molecule has 2 N–H and O–H groups in total. The molecule has 0 amide bonds. The second-order valence-corrected chi connectivity index (χ2v) is 3.60. The van der Waals surface area contributed by atoms with E-state index in [1.165, 1.54) is 0 Å². The summed E-state index contributed by atoms with van der Waals surface area (Å²) in [6.07, 6.45) is 5.07. The van der Waals surface area contributed by atoms with Crippen molar-refractivity contribution in [3.05, 3.63) is 35.9 Å². The number of aryl methyl sites for hydroxylation is 1. The van der Waals surface area contributed by atoms with Gasteiger partial charge in [0.15, 0.2) is 11.6 Å². The van der Waals surface area contributed by atoms with E-state index in [4.69, 9.17) is 5.73 Å². The van der Waals surface area contributed by atoms with Crippen LogP contribution in [0.15, 0.2) is 24.7 Å². The standard InChI is InChI=1S/C11H13N5/c1-7(12)9-6-15-11(16-8(9)2)10-13-4-3-5-14-10/h3-7H,12H2,1-2H3/t7-/m1/s1. The van der Waals surface area contributed by atoms with Crippen molar-refractivity contribution < 1.29 is 0 Å². The van der Waals surface area contributed by atoms with Crippen LogP contribution in [0.5, 0.6) is 0 Å². The topological polar surface area (TPSA) is 77.6 Å². The minimum atomic E-state index is -0.0641. The Labute approximate surface area is 93.8 Å². The molecule has 0 aromatic carbocycles. The largest absolute Gasteiger partial charge is 0.324 e. The number of hydrogen-bond donors (Lipinski definition) is 1. The molecule has 0 bridgehead atoms. The lowest BCUT2D eigenvalue weighted by Crippen LogP contribution is -2.09. The zero-order valence-electron chi connectivity index (χ0n) is 9.25. The molecular formula is C11H13N5. The Bertz CT molecular complexity index is 481. The van der Waals surface area contributed by atoms with Crippen LogP contribution in [0.2, 0.25) is 0 Å². The van der Waals surface area contributed by atoms with Gasteiger partial charge in [-0.3, -0.25) is 0 Å². The quantitative estimate of drug-likeness (QED) is 0.816. The summed E-state index contributed by atoms with van der Waals surface area (Å²) >= 11 is 0. The van der Waals surface area contributed by atoms with Crippen LogP contribution in [-0.4, -0.2) is 19.9 Å². The van der Waals surface area contributed by atoms with E-state index in [0.29, 0.717) is 11.6 Å². The average Bonchev–Trinajstić information content (AvgIpc) is 2.29. The van der Waals surface area contributed by atoms with Crippen LogP contribution in [0, 0.1) is 6.92 Å². The molecular weight excluding hydrogens is 202 g/mol. The minimum absolute atomic E-state index is 0.0641. The number of nitrogens with zero attached hydrogens (tertiary/aromatic N) is 4. The Morgan fingerprint density at radius 3 is 2.38 bits per heavy atom. The molecule has 0 aliphatic carbocycles. The molecule has 0 unspecified atom stereocenters. The van der Waals surface area contributed by atoms with Crippen LogP contribution in [0.3, 0.4) is 0 Å². The van der Waals surface area contributed by atoms with Gasteiger partial charge < -0.3 is 5.73 Å². The fourth-order valence-corrected chi connectivity index (χ4v) is 1.45. The van der Waals surface area contributed by atoms with Crippen molar-refractivity contribution in [1.29, 1.82) is 0 Å². The molecule has 0 radical (unpaired) electrons. The van der Waals surface area contributed by atoms with Crippen molar-refractivity contribution >= 4 is 0 Å². The number of aromatic nitrogens is 4. The maximum absolute atomic E-state index is 5.79. The number of nitrogens with two attached hydrogens (primary N) is 1. The van der Waals surface area contributed by atoms with Crippen LogP contribution < -0.4 is 5.73 Å². The van der Waals surface area contributed by atoms with E-state index < -0.39 is 0 Å². The lowest BCUT2D eigenvalue weighted by Gasteiger charge is -2.08. The maximum Gasteiger partial charge on any atom is 0.197 e. The Morgan fingerprint density at radius 2 is 1.81 bits per heavy atom. The number of hydrogen-bond acceptors (Lipinski definition) is 5. The van der Waals surface area contributed by atoms with Gasteiger partial charge in [0.2, 0.25) is 0 Å². The maximum atomic E-state index is 5.79. The van der Waals surface area contributed by atoms with Gasteiger partial charge in [-0.15, -0.1) is 0 Å². The highest BCUT2D eigenvalue weighted by atomic mass is 15.0. The third-order valence-corrected chi connectivity index (χ3v) is 2.27. The fourth-order valence-electron chi connectivity index (χ4n) is 1.45. The van der Waals surface area contributed by atoms with Crippen molar-refractivity contribution in [2.45, 2.75) is 19.9 Å². The first kappa shape index (κ1) is 10.6. The first-order chi connectivity index (χ1) is 7.68. The summed E-state index contributed by atoms with van der Waals surface area (Å²) in [6.45, 7) is 3.82. The van der Waals surface area contributed by atoms with Crippen LogP contribution in [0.1, 0.15) is 24.2 Å². The molecule has 82 valence electrons. The zero-order valence-corrected chi connectivity index (χ0v) is 9.25. The van der Waals surface area contributed by atoms with Gasteiger partial charge in [0.05, 0.1) is 0 Å². The molecule has 0 aliphatic rings. The molecule has 2 aromatic heterocycles. The van der Waals surface area contributed by atoms with E-state index in [9.17, 15) is 0 Å². The van der Waals surface area contributed by atoms with Gasteiger partial charge in [-0.25, -0.2) is 19.9 Å².